The number of rotatable bonds is 4. The molecule has 1 aliphatic carbocycles. The third-order valence-corrected chi connectivity index (χ3v) is 3.33. The van der Waals surface area contributed by atoms with Crippen LogP contribution in [0.15, 0.2) is 12.2 Å². The summed E-state index contributed by atoms with van der Waals surface area (Å²) in [5.41, 5.74) is 0. The van der Waals surface area contributed by atoms with Gasteiger partial charge in [-0.25, -0.2) is 9.59 Å². The smallest absolute Gasteiger partial charge is 0.328 e. The van der Waals surface area contributed by atoms with Crippen LogP contribution in [0.1, 0.15) is 39.0 Å². The third kappa shape index (κ3) is 6.03. The lowest BCUT2D eigenvalue weighted by Gasteiger charge is -2.28. The predicted octanol–water partition coefficient (Wildman–Crippen LogP) is 1.42. The van der Waals surface area contributed by atoms with Crippen molar-refractivity contribution in [2.24, 2.45) is 5.92 Å². The van der Waals surface area contributed by atoms with Gasteiger partial charge >= 0.3 is 12.0 Å². The Morgan fingerprint density at radius 2 is 1.79 bits per heavy atom. The topological polar surface area (TPSA) is 95.5 Å². The first-order chi connectivity index (χ1) is 8.99. The number of imide groups is 1. The van der Waals surface area contributed by atoms with Crippen molar-refractivity contribution < 1.29 is 19.5 Å². The zero-order valence-electron chi connectivity index (χ0n) is 11.0. The summed E-state index contributed by atoms with van der Waals surface area (Å²) >= 11 is 0. The van der Waals surface area contributed by atoms with E-state index >= 15 is 0 Å². The van der Waals surface area contributed by atoms with Crippen LogP contribution in [0.25, 0.3) is 0 Å². The first-order valence-corrected chi connectivity index (χ1v) is 6.51. The predicted molar refractivity (Wildman–Crippen MR) is 69.5 cm³/mol. The first-order valence-electron chi connectivity index (χ1n) is 6.51. The number of carbonyl (C=O) groups excluding carboxylic acids is 2. The minimum absolute atomic E-state index is 0.0107. The van der Waals surface area contributed by atoms with Gasteiger partial charge in [-0.1, -0.05) is 19.3 Å². The molecule has 1 unspecified atom stereocenters. The second-order valence-corrected chi connectivity index (χ2v) is 4.82. The van der Waals surface area contributed by atoms with E-state index in [2.05, 4.69) is 10.6 Å². The van der Waals surface area contributed by atoms with Crippen LogP contribution in [-0.4, -0.2) is 29.1 Å². The first kappa shape index (κ1) is 15.2. The molecule has 19 heavy (non-hydrogen) atoms. The van der Waals surface area contributed by atoms with E-state index in [0.717, 1.165) is 18.9 Å². The quantitative estimate of drug-likeness (QED) is 0.672. The number of carboxylic acids is 1. The molecule has 1 aliphatic rings. The van der Waals surface area contributed by atoms with Crippen molar-refractivity contribution in [1.29, 1.82) is 0 Å². The Labute approximate surface area is 112 Å². The molecule has 0 spiro atoms. The highest BCUT2D eigenvalue weighted by Gasteiger charge is 2.21. The van der Waals surface area contributed by atoms with E-state index in [1.807, 2.05) is 6.92 Å². The summed E-state index contributed by atoms with van der Waals surface area (Å²) in [7, 11) is 0. The van der Waals surface area contributed by atoms with E-state index in [4.69, 9.17) is 5.11 Å². The van der Waals surface area contributed by atoms with Crippen LogP contribution in [0, 0.1) is 5.92 Å². The zero-order chi connectivity index (χ0) is 14.3. The minimum atomic E-state index is -1.23. The molecule has 1 saturated carbocycles. The molecule has 1 atom stereocenters. The molecule has 6 heteroatoms. The molecule has 1 fully saturated rings. The summed E-state index contributed by atoms with van der Waals surface area (Å²) in [5, 5.41) is 13.1. The number of hydrogen-bond donors (Lipinski definition) is 3. The molecule has 0 saturated heterocycles. The molecule has 6 nitrogen and oxygen atoms in total. The molecule has 0 aromatic heterocycles. The highest BCUT2D eigenvalue weighted by atomic mass is 16.4. The number of carbonyl (C=O) groups is 3. The Bertz CT molecular complexity index is 373. The average Bonchev–Trinajstić information content (AvgIpc) is 2.37. The molecule has 3 amide bonds. The van der Waals surface area contributed by atoms with Crippen LogP contribution in [0.2, 0.25) is 0 Å². The molecule has 0 heterocycles. The molecule has 106 valence electrons. The Balaban J connectivity index is 2.33. The van der Waals surface area contributed by atoms with Gasteiger partial charge in [0.15, 0.2) is 0 Å². The third-order valence-electron chi connectivity index (χ3n) is 3.33. The van der Waals surface area contributed by atoms with Gasteiger partial charge in [-0.15, -0.1) is 0 Å². The van der Waals surface area contributed by atoms with Crippen LogP contribution in [0.5, 0.6) is 0 Å². The summed E-state index contributed by atoms with van der Waals surface area (Å²) in [5.74, 6) is -1.52. The molecule has 1 rings (SSSR count). The average molecular weight is 268 g/mol. The van der Waals surface area contributed by atoms with Gasteiger partial charge < -0.3 is 10.4 Å². The van der Waals surface area contributed by atoms with Gasteiger partial charge in [-0.05, 0) is 25.7 Å². The lowest BCUT2D eigenvalue weighted by molar-refractivity contribution is -0.131. The monoisotopic (exact) mass is 268 g/mol. The highest BCUT2D eigenvalue weighted by molar-refractivity contribution is 6.02. The maximum atomic E-state index is 11.5. The zero-order valence-corrected chi connectivity index (χ0v) is 11.0. The Morgan fingerprint density at radius 1 is 1.16 bits per heavy atom. The molecule has 3 N–H and O–H groups in total. The summed E-state index contributed by atoms with van der Waals surface area (Å²) in [4.78, 5) is 32.9. The largest absolute Gasteiger partial charge is 0.478 e. The lowest BCUT2D eigenvalue weighted by atomic mass is 9.85. The number of aliphatic carboxylic acids is 1. The van der Waals surface area contributed by atoms with Crippen LogP contribution in [-0.2, 0) is 9.59 Å². The van der Waals surface area contributed by atoms with Crippen molar-refractivity contribution in [2.45, 2.75) is 45.1 Å². The fourth-order valence-corrected chi connectivity index (χ4v) is 2.30. The number of amides is 3. The van der Waals surface area contributed by atoms with E-state index in [1.165, 1.54) is 19.3 Å². The molecule has 0 aromatic rings. The summed E-state index contributed by atoms with van der Waals surface area (Å²) in [6, 6.07) is -0.574. The number of urea groups is 1. The van der Waals surface area contributed by atoms with E-state index in [0.29, 0.717) is 12.0 Å². The molecule has 0 aromatic carbocycles. The fraction of sp³-hybridized carbons (Fsp3) is 0.615. The number of nitrogens with one attached hydrogen (secondary N) is 2. The molecule has 0 radical (unpaired) electrons. The second-order valence-electron chi connectivity index (χ2n) is 4.82. The van der Waals surface area contributed by atoms with E-state index in [9.17, 15) is 14.4 Å². The van der Waals surface area contributed by atoms with E-state index in [1.54, 1.807) is 0 Å². The second kappa shape index (κ2) is 7.56. The van der Waals surface area contributed by atoms with Crippen molar-refractivity contribution >= 4 is 17.9 Å². The number of hydrogen-bond acceptors (Lipinski definition) is 3. The Kier molecular flexibility index (Phi) is 6.05. The van der Waals surface area contributed by atoms with Gasteiger partial charge in [-0.2, -0.15) is 0 Å². The fourth-order valence-electron chi connectivity index (χ4n) is 2.30. The van der Waals surface area contributed by atoms with Gasteiger partial charge in [0, 0.05) is 18.2 Å². The summed E-state index contributed by atoms with van der Waals surface area (Å²) in [6.45, 7) is 1.92. The van der Waals surface area contributed by atoms with Crippen molar-refractivity contribution in [1.82, 2.24) is 10.6 Å². The van der Waals surface area contributed by atoms with Crippen LogP contribution >= 0.6 is 0 Å². The van der Waals surface area contributed by atoms with Gasteiger partial charge in [0.05, 0.1) is 0 Å². The van der Waals surface area contributed by atoms with Crippen molar-refractivity contribution in [2.75, 3.05) is 0 Å². The normalized spacial score (nSPS) is 17.9. The SMILES string of the molecule is CC(NC(=O)NC(=O)C=CC(=O)O)C1CCCCC1. The van der Waals surface area contributed by atoms with Crippen LogP contribution in [0.4, 0.5) is 4.79 Å². The van der Waals surface area contributed by atoms with Crippen LogP contribution in [0.3, 0.4) is 0 Å². The molecular formula is C13H20N2O4. The van der Waals surface area contributed by atoms with Crippen molar-refractivity contribution in [3.05, 3.63) is 12.2 Å². The van der Waals surface area contributed by atoms with Crippen molar-refractivity contribution in [3.8, 4) is 0 Å². The van der Waals surface area contributed by atoms with Gasteiger partial charge in [0.2, 0.25) is 0 Å². The molecule has 0 aliphatic heterocycles. The van der Waals surface area contributed by atoms with E-state index in [-0.39, 0.29) is 6.04 Å². The lowest BCUT2D eigenvalue weighted by Crippen LogP contribution is -2.46. The van der Waals surface area contributed by atoms with Gasteiger partial charge in [0.1, 0.15) is 0 Å². The Morgan fingerprint density at radius 3 is 2.37 bits per heavy atom. The van der Waals surface area contributed by atoms with Crippen molar-refractivity contribution in [3.63, 3.8) is 0 Å². The highest BCUT2D eigenvalue weighted by Crippen LogP contribution is 2.26. The maximum absolute atomic E-state index is 11.5. The van der Waals surface area contributed by atoms with Crippen LogP contribution < -0.4 is 10.6 Å². The standard InChI is InChI=1S/C13H20N2O4/c1-9(10-5-3-2-4-6-10)14-13(19)15-11(16)7-8-12(17)18/h7-10H,2-6H2,1H3,(H,17,18)(H2,14,15,16,19). The Hall–Kier alpha value is -1.85. The van der Waals surface area contributed by atoms with Gasteiger partial charge in [-0.3, -0.25) is 10.1 Å². The summed E-state index contributed by atoms with van der Waals surface area (Å²) in [6.07, 6.45) is 7.29. The molecular weight excluding hydrogens is 248 g/mol. The maximum Gasteiger partial charge on any atom is 0.328 e. The molecule has 0 bridgehead atoms. The summed E-state index contributed by atoms with van der Waals surface area (Å²) < 4.78 is 0. The number of carboxylic acid groups (broad SMARTS) is 1. The van der Waals surface area contributed by atoms with Gasteiger partial charge in [0.25, 0.3) is 5.91 Å². The minimum Gasteiger partial charge on any atom is -0.478 e. The van der Waals surface area contributed by atoms with E-state index < -0.39 is 17.9 Å².